The average molecular weight is 237 g/mol. The molecule has 0 aliphatic heterocycles. The molecule has 0 aliphatic carbocycles. The lowest BCUT2D eigenvalue weighted by molar-refractivity contribution is 0.308. The first-order chi connectivity index (χ1) is 8.17. The first-order valence-electron chi connectivity index (χ1n) is 5.95. The second-order valence-corrected chi connectivity index (χ2v) is 4.06. The summed E-state index contributed by atoms with van der Waals surface area (Å²) in [6.45, 7) is 6.06. The Balaban J connectivity index is 2.62. The molecule has 0 saturated carbocycles. The van der Waals surface area contributed by atoms with Gasteiger partial charge in [0.2, 0.25) is 0 Å². The predicted molar refractivity (Wildman–Crippen MR) is 68.7 cm³/mol. The van der Waals surface area contributed by atoms with Crippen LogP contribution < -0.4 is 10.5 Å². The topological polar surface area (TPSA) is 35.2 Å². The van der Waals surface area contributed by atoms with E-state index in [-0.39, 0.29) is 11.9 Å². The monoisotopic (exact) mass is 237 g/mol. The lowest BCUT2D eigenvalue weighted by atomic mass is 10.0. The van der Waals surface area contributed by atoms with E-state index in [0.29, 0.717) is 25.2 Å². The number of benzene rings is 1. The van der Waals surface area contributed by atoms with Gasteiger partial charge < -0.3 is 10.5 Å². The molecule has 1 unspecified atom stereocenters. The van der Waals surface area contributed by atoms with Crippen LogP contribution in [0.1, 0.15) is 25.3 Å². The molecule has 1 aromatic carbocycles. The van der Waals surface area contributed by atoms with Crippen molar-refractivity contribution in [3.63, 3.8) is 0 Å². The van der Waals surface area contributed by atoms with Crippen molar-refractivity contribution in [1.82, 2.24) is 0 Å². The third-order valence-corrected chi connectivity index (χ3v) is 2.60. The Bertz CT molecular complexity index is 365. The molecule has 0 spiro atoms. The summed E-state index contributed by atoms with van der Waals surface area (Å²) >= 11 is 0. The van der Waals surface area contributed by atoms with E-state index in [1.54, 1.807) is 12.1 Å². The van der Waals surface area contributed by atoms with Crippen molar-refractivity contribution in [2.75, 3.05) is 6.61 Å². The predicted octanol–water partition coefficient (Wildman–Crippen LogP) is 3.06. The van der Waals surface area contributed by atoms with E-state index < -0.39 is 0 Å². The number of ether oxygens (including phenoxy) is 1. The highest BCUT2D eigenvalue weighted by molar-refractivity contribution is 5.29. The van der Waals surface area contributed by atoms with Gasteiger partial charge in [0.05, 0.1) is 6.61 Å². The maximum Gasteiger partial charge on any atom is 0.165 e. The molecule has 0 aliphatic rings. The minimum Gasteiger partial charge on any atom is -0.490 e. The van der Waals surface area contributed by atoms with Gasteiger partial charge in [-0.05, 0) is 37.0 Å². The van der Waals surface area contributed by atoms with Gasteiger partial charge in [-0.25, -0.2) is 4.39 Å². The number of halogens is 1. The summed E-state index contributed by atoms with van der Waals surface area (Å²) in [6, 6.07) is 5.11. The van der Waals surface area contributed by atoms with Crippen LogP contribution in [0.4, 0.5) is 4.39 Å². The molecule has 94 valence electrons. The Labute approximate surface area is 102 Å². The second kappa shape index (κ2) is 7.07. The molecule has 0 amide bonds. The van der Waals surface area contributed by atoms with Crippen LogP contribution in [-0.2, 0) is 6.42 Å². The Morgan fingerprint density at radius 2 is 2.29 bits per heavy atom. The van der Waals surface area contributed by atoms with Gasteiger partial charge in [0.25, 0.3) is 0 Å². The van der Waals surface area contributed by atoms with Crippen LogP contribution in [0.3, 0.4) is 0 Å². The zero-order chi connectivity index (χ0) is 12.7. The highest BCUT2D eigenvalue weighted by atomic mass is 19.1. The summed E-state index contributed by atoms with van der Waals surface area (Å²) in [5.41, 5.74) is 6.74. The van der Waals surface area contributed by atoms with Gasteiger partial charge in [-0.3, -0.25) is 0 Å². The minimum absolute atomic E-state index is 0.0851. The first kappa shape index (κ1) is 13.7. The van der Waals surface area contributed by atoms with Gasteiger partial charge in [0.1, 0.15) is 0 Å². The summed E-state index contributed by atoms with van der Waals surface area (Å²) < 4.78 is 18.9. The smallest absolute Gasteiger partial charge is 0.165 e. The molecule has 3 heteroatoms. The number of hydrogen-bond acceptors (Lipinski definition) is 2. The average Bonchev–Trinajstić information content (AvgIpc) is 2.32. The van der Waals surface area contributed by atoms with Crippen LogP contribution in [-0.4, -0.2) is 12.6 Å². The van der Waals surface area contributed by atoms with E-state index in [1.165, 1.54) is 6.07 Å². The number of hydrogen-bond donors (Lipinski definition) is 1. The molecule has 0 bridgehead atoms. The van der Waals surface area contributed by atoms with E-state index in [9.17, 15) is 4.39 Å². The van der Waals surface area contributed by atoms with Crippen molar-refractivity contribution >= 4 is 0 Å². The molecular weight excluding hydrogens is 217 g/mol. The van der Waals surface area contributed by atoms with Crippen LogP contribution in [0.5, 0.6) is 5.75 Å². The van der Waals surface area contributed by atoms with E-state index in [4.69, 9.17) is 10.5 Å². The number of nitrogens with two attached hydrogens (primary N) is 1. The maximum absolute atomic E-state index is 13.6. The lowest BCUT2D eigenvalue weighted by Crippen LogP contribution is -2.21. The molecule has 1 rings (SSSR count). The molecule has 1 atom stereocenters. The van der Waals surface area contributed by atoms with Gasteiger partial charge in [-0.1, -0.05) is 19.1 Å². The summed E-state index contributed by atoms with van der Waals surface area (Å²) in [6.07, 6.45) is 4.04. The molecule has 0 radical (unpaired) electrons. The van der Waals surface area contributed by atoms with Crippen LogP contribution >= 0.6 is 0 Å². The molecule has 0 heterocycles. The fraction of sp³-hybridized carbons (Fsp3) is 0.429. The van der Waals surface area contributed by atoms with Crippen molar-refractivity contribution in [3.8, 4) is 5.75 Å². The highest BCUT2D eigenvalue weighted by Crippen LogP contribution is 2.19. The Morgan fingerprint density at radius 1 is 1.53 bits per heavy atom. The molecule has 0 aromatic heterocycles. The van der Waals surface area contributed by atoms with E-state index in [2.05, 4.69) is 6.58 Å². The van der Waals surface area contributed by atoms with Crippen molar-refractivity contribution in [2.24, 2.45) is 5.73 Å². The van der Waals surface area contributed by atoms with Crippen molar-refractivity contribution < 1.29 is 9.13 Å². The lowest BCUT2D eigenvalue weighted by Gasteiger charge is -2.10. The second-order valence-electron chi connectivity index (χ2n) is 4.06. The third-order valence-electron chi connectivity index (χ3n) is 2.60. The van der Waals surface area contributed by atoms with Crippen LogP contribution in [0.15, 0.2) is 30.9 Å². The third kappa shape index (κ3) is 4.57. The van der Waals surface area contributed by atoms with Crippen molar-refractivity contribution in [1.29, 1.82) is 0 Å². The Hall–Kier alpha value is -1.35. The molecule has 2 N–H and O–H groups in total. The van der Waals surface area contributed by atoms with Gasteiger partial charge in [0.15, 0.2) is 11.6 Å². The van der Waals surface area contributed by atoms with Gasteiger partial charge in [-0.2, -0.15) is 0 Å². The molecule has 0 fully saturated rings. The van der Waals surface area contributed by atoms with Crippen molar-refractivity contribution in [2.45, 2.75) is 32.2 Å². The molecule has 2 nitrogen and oxygen atoms in total. The molecule has 17 heavy (non-hydrogen) atoms. The zero-order valence-corrected chi connectivity index (χ0v) is 10.3. The van der Waals surface area contributed by atoms with Crippen LogP contribution in [0.25, 0.3) is 0 Å². The normalized spacial score (nSPS) is 12.2. The SMILES string of the molecule is C=CCCOc1ccc(CC(N)CC)cc1F. The summed E-state index contributed by atoms with van der Waals surface area (Å²) in [7, 11) is 0. The van der Waals surface area contributed by atoms with Gasteiger partial charge >= 0.3 is 0 Å². The number of rotatable bonds is 7. The van der Waals surface area contributed by atoms with E-state index in [0.717, 1.165) is 12.0 Å². The zero-order valence-electron chi connectivity index (χ0n) is 10.3. The largest absolute Gasteiger partial charge is 0.490 e. The fourth-order valence-corrected chi connectivity index (χ4v) is 1.49. The van der Waals surface area contributed by atoms with E-state index in [1.807, 2.05) is 13.0 Å². The van der Waals surface area contributed by atoms with Crippen molar-refractivity contribution in [3.05, 3.63) is 42.2 Å². The van der Waals surface area contributed by atoms with Crippen LogP contribution in [0, 0.1) is 5.82 Å². The Kier molecular flexibility index (Phi) is 5.70. The quantitative estimate of drug-likeness (QED) is 0.584. The standard InChI is InChI=1S/C14H20FNO/c1-3-5-8-17-14-7-6-11(10-13(14)15)9-12(16)4-2/h3,6-7,10,12H,1,4-5,8-9,16H2,2H3. The molecule has 1 aromatic rings. The highest BCUT2D eigenvalue weighted by Gasteiger charge is 2.07. The van der Waals surface area contributed by atoms with E-state index >= 15 is 0 Å². The summed E-state index contributed by atoms with van der Waals surface area (Å²) in [5.74, 6) is -0.0319. The first-order valence-corrected chi connectivity index (χ1v) is 5.95. The molecule has 0 saturated heterocycles. The molecular formula is C14H20FNO. The van der Waals surface area contributed by atoms with Gasteiger partial charge in [-0.15, -0.1) is 6.58 Å². The maximum atomic E-state index is 13.6. The summed E-state index contributed by atoms with van der Waals surface area (Å²) in [5, 5.41) is 0. The fourth-order valence-electron chi connectivity index (χ4n) is 1.49. The summed E-state index contributed by atoms with van der Waals surface area (Å²) in [4.78, 5) is 0. The van der Waals surface area contributed by atoms with Gasteiger partial charge in [0, 0.05) is 6.04 Å². The van der Waals surface area contributed by atoms with Crippen LogP contribution in [0.2, 0.25) is 0 Å². The Morgan fingerprint density at radius 3 is 2.88 bits per heavy atom. The minimum atomic E-state index is -0.324.